The van der Waals surface area contributed by atoms with E-state index in [4.69, 9.17) is 5.73 Å². The molecule has 1 unspecified atom stereocenters. The number of benzene rings is 1. The molecule has 1 atom stereocenters. The Labute approximate surface area is 138 Å². The Balaban J connectivity index is 2.21. The monoisotopic (exact) mass is 330 g/mol. The topological polar surface area (TPSA) is 97.1 Å². The summed E-state index contributed by atoms with van der Waals surface area (Å²) < 4.78 is 0. The molecule has 120 valence electrons. The molecule has 2 aromatic rings. The highest BCUT2D eigenvalue weighted by Crippen LogP contribution is 2.29. The maximum atomic E-state index is 12.2. The van der Waals surface area contributed by atoms with Gasteiger partial charge in [0.05, 0.1) is 0 Å². The number of thiazole rings is 1. The highest BCUT2D eigenvalue weighted by atomic mass is 32.1. The van der Waals surface area contributed by atoms with E-state index in [1.807, 2.05) is 32.1 Å². The minimum Gasteiger partial charge on any atom is -0.364 e. The number of anilines is 2. The molecule has 1 aromatic heterocycles. The summed E-state index contributed by atoms with van der Waals surface area (Å²) in [5.74, 6) is -0.999. The first-order valence-corrected chi connectivity index (χ1v) is 7.89. The van der Waals surface area contributed by atoms with Gasteiger partial charge in [-0.25, -0.2) is 4.98 Å². The molecular formula is C16H18N4O2S. The summed E-state index contributed by atoms with van der Waals surface area (Å²) in [6, 6.07) is 8.78. The van der Waals surface area contributed by atoms with Crippen LogP contribution in [0.1, 0.15) is 34.7 Å². The van der Waals surface area contributed by atoms with E-state index in [9.17, 15) is 9.59 Å². The fourth-order valence-corrected chi connectivity index (χ4v) is 2.89. The van der Waals surface area contributed by atoms with Gasteiger partial charge in [0.2, 0.25) is 0 Å². The number of hydrogen-bond acceptors (Lipinski definition) is 5. The van der Waals surface area contributed by atoms with E-state index >= 15 is 0 Å². The number of nitrogens with one attached hydrogen (secondary N) is 2. The van der Waals surface area contributed by atoms with Crippen LogP contribution < -0.4 is 16.4 Å². The molecule has 23 heavy (non-hydrogen) atoms. The van der Waals surface area contributed by atoms with Gasteiger partial charge in [0, 0.05) is 11.6 Å². The van der Waals surface area contributed by atoms with Crippen LogP contribution in [0, 0.1) is 0 Å². The van der Waals surface area contributed by atoms with Crippen LogP contribution >= 0.6 is 11.3 Å². The summed E-state index contributed by atoms with van der Waals surface area (Å²) in [6.45, 7) is 3.87. The van der Waals surface area contributed by atoms with E-state index in [-0.39, 0.29) is 17.6 Å². The maximum Gasteiger partial charge on any atom is 0.270 e. The van der Waals surface area contributed by atoms with E-state index < -0.39 is 5.91 Å². The molecule has 0 aliphatic carbocycles. The van der Waals surface area contributed by atoms with Gasteiger partial charge in [-0.3, -0.25) is 9.59 Å². The lowest BCUT2D eigenvalue weighted by molar-refractivity contribution is 0.0997. The van der Waals surface area contributed by atoms with Crippen molar-refractivity contribution >= 4 is 33.3 Å². The number of carbonyl (C=O) groups excluding carboxylic acids is 2. The lowest BCUT2D eigenvalue weighted by Gasteiger charge is -2.06. The Morgan fingerprint density at radius 2 is 2.00 bits per heavy atom. The normalized spacial score (nSPS) is 12.1. The quantitative estimate of drug-likeness (QED) is 0.709. The largest absolute Gasteiger partial charge is 0.364 e. The first-order valence-electron chi connectivity index (χ1n) is 7.07. The van der Waals surface area contributed by atoms with Crippen LogP contribution in [0.5, 0.6) is 0 Å². The number of allylic oxidation sites excluding steroid dienone is 1. The van der Waals surface area contributed by atoms with Gasteiger partial charge in [0.15, 0.2) is 10.8 Å². The average molecular weight is 330 g/mol. The van der Waals surface area contributed by atoms with Crippen molar-refractivity contribution in [1.29, 1.82) is 0 Å². The van der Waals surface area contributed by atoms with Crippen LogP contribution in [0.25, 0.3) is 0 Å². The number of nitrogens with two attached hydrogens (primary N) is 1. The second-order valence-corrected chi connectivity index (χ2v) is 5.84. The van der Waals surface area contributed by atoms with Crippen molar-refractivity contribution in [1.82, 2.24) is 4.98 Å². The van der Waals surface area contributed by atoms with Crippen molar-refractivity contribution in [2.75, 3.05) is 10.6 Å². The fraction of sp³-hybridized carbons (Fsp3) is 0.188. The van der Waals surface area contributed by atoms with E-state index in [0.717, 1.165) is 0 Å². The summed E-state index contributed by atoms with van der Waals surface area (Å²) >= 11 is 1.18. The highest BCUT2D eigenvalue weighted by molar-refractivity contribution is 7.20. The van der Waals surface area contributed by atoms with Crippen molar-refractivity contribution in [3.05, 3.63) is 53.7 Å². The van der Waals surface area contributed by atoms with E-state index in [1.54, 1.807) is 24.3 Å². The van der Waals surface area contributed by atoms with Gasteiger partial charge < -0.3 is 16.4 Å². The molecule has 0 spiro atoms. The Morgan fingerprint density at radius 3 is 2.61 bits per heavy atom. The van der Waals surface area contributed by atoms with Crippen LogP contribution in [-0.2, 0) is 0 Å². The Kier molecular flexibility index (Phi) is 5.48. The minimum atomic E-state index is -0.684. The fourth-order valence-electron chi connectivity index (χ4n) is 1.93. The number of primary amides is 1. The van der Waals surface area contributed by atoms with Gasteiger partial charge in [-0.1, -0.05) is 41.7 Å². The van der Waals surface area contributed by atoms with Crippen molar-refractivity contribution in [3.8, 4) is 0 Å². The number of aromatic nitrogens is 1. The SMILES string of the molecule is CC=CC(C)Nc1nc(C(N)=O)c(NC(=O)c2ccccc2)s1. The van der Waals surface area contributed by atoms with E-state index in [2.05, 4.69) is 15.6 Å². The summed E-state index contributed by atoms with van der Waals surface area (Å²) in [5.41, 5.74) is 5.89. The molecule has 0 bridgehead atoms. The van der Waals surface area contributed by atoms with Crippen LogP contribution in [-0.4, -0.2) is 22.8 Å². The Hall–Kier alpha value is -2.67. The zero-order valence-electron chi connectivity index (χ0n) is 12.9. The van der Waals surface area contributed by atoms with Gasteiger partial charge >= 0.3 is 0 Å². The molecule has 0 radical (unpaired) electrons. The number of amides is 2. The molecule has 2 rings (SSSR count). The zero-order valence-corrected chi connectivity index (χ0v) is 13.7. The summed E-state index contributed by atoms with van der Waals surface area (Å²) in [5, 5.41) is 6.68. The molecule has 0 fully saturated rings. The standard InChI is InChI=1S/C16H18N4O2S/c1-3-7-10(2)18-16-19-12(13(17)21)15(23-16)20-14(22)11-8-5-4-6-9-11/h3-10H,1-2H3,(H2,17,21)(H,18,19)(H,20,22). The summed E-state index contributed by atoms with van der Waals surface area (Å²) in [4.78, 5) is 27.9. The third-order valence-electron chi connectivity index (χ3n) is 2.96. The van der Waals surface area contributed by atoms with Gasteiger partial charge in [-0.2, -0.15) is 0 Å². The highest BCUT2D eigenvalue weighted by Gasteiger charge is 2.19. The van der Waals surface area contributed by atoms with Gasteiger partial charge in [0.1, 0.15) is 5.00 Å². The van der Waals surface area contributed by atoms with Crippen LogP contribution in [0.4, 0.5) is 10.1 Å². The molecular weight excluding hydrogens is 312 g/mol. The van der Waals surface area contributed by atoms with Gasteiger partial charge in [-0.05, 0) is 26.0 Å². The number of hydrogen-bond donors (Lipinski definition) is 3. The second kappa shape index (κ2) is 7.55. The van der Waals surface area contributed by atoms with Crippen molar-refractivity contribution < 1.29 is 9.59 Å². The second-order valence-electron chi connectivity index (χ2n) is 4.84. The number of carbonyl (C=O) groups is 2. The Morgan fingerprint density at radius 1 is 1.30 bits per heavy atom. The molecule has 7 heteroatoms. The lowest BCUT2D eigenvalue weighted by atomic mass is 10.2. The van der Waals surface area contributed by atoms with Gasteiger partial charge in [-0.15, -0.1) is 0 Å². The van der Waals surface area contributed by atoms with E-state index in [1.165, 1.54) is 11.3 Å². The molecule has 1 aromatic carbocycles. The maximum absolute atomic E-state index is 12.2. The molecule has 6 nitrogen and oxygen atoms in total. The van der Waals surface area contributed by atoms with Crippen molar-refractivity contribution in [3.63, 3.8) is 0 Å². The molecule has 0 aliphatic rings. The smallest absolute Gasteiger partial charge is 0.270 e. The molecule has 1 heterocycles. The third-order valence-corrected chi connectivity index (χ3v) is 3.86. The summed E-state index contributed by atoms with van der Waals surface area (Å²) in [6.07, 6.45) is 3.87. The summed E-state index contributed by atoms with van der Waals surface area (Å²) in [7, 11) is 0. The first-order chi connectivity index (χ1) is 11.0. The predicted octanol–water partition coefficient (Wildman–Crippen LogP) is 2.87. The molecule has 0 saturated heterocycles. The molecule has 0 aliphatic heterocycles. The van der Waals surface area contributed by atoms with Gasteiger partial charge in [0.25, 0.3) is 11.8 Å². The first kappa shape index (κ1) is 16.7. The molecule has 2 amide bonds. The Bertz CT molecular complexity index is 725. The zero-order chi connectivity index (χ0) is 16.8. The number of nitrogens with zero attached hydrogens (tertiary/aromatic N) is 1. The molecule has 4 N–H and O–H groups in total. The lowest BCUT2D eigenvalue weighted by Crippen LogP contribution is -2.17. The number of rotatable bonds is 6. The van der Waals surface area contributed by atoms with Crippen LogP contribution in [0.15, 0.2) is 42.5 Å². The van der Waals surface area contributed by atoms with Crippen LogP contribution in [0.2, 0.25) is 0 Å². The van der Waals surface area contributed by atoms with Crippen molar-refractivity contribution in [2.24, 2.45) is 5.73 Å². The van der Waals surface area contributed by atoms with Crippen molar-refractivity contribution in [2.45, 2.75) is 19.9 Å². The minimum absolute atomic E-state index is 0.0459. The van der Waals surface area contributed by atoms with Crippen LogP contribution in [0.3, 0.4) is 0 Å². The predicted molar refractivity (Wildman–Crippen MR) is 92.9 cm³/mol. The van der Waals surface area contributed by atoms with E-state index in [0.29, 0.717) is 15.7 Å². The average Bonchev–Trinajstić information content (AvgIpc) is 2.91. The molecule has 0 saturated carbocycles. The third kappa shape index (κ3) is 4.40.